The summed E-state index contributed by atoms with van der Waals surface area (Å²) in [6.07, 6.45) is -1.08. The number of hydrogen-bond donors (Lipinski definition) is 4. The van der Waals surface area contributed by atoms with Gasteiger partial charge in [0.1, 0.15) is 0 Å². The van der Waals surface area contributed by atoms with Crippen LogP contribution in [-0.2, 0) is 29.0 Å². The molecule has 0 unspecified atom stereocenters. The fourth-order valence-corrected chi connectivity index (χ4v) is 2.98. The lowest BCUT2D eigenvalue weighted by molar-refractivity contribution is -0.000752. The predicted molar refractivity (Wildman–Crippen MR) is 105 cm³/mol. The maximum atomic E-state index is 12.0. The molecule has 0 heterocycles. The van der Waals surface area contributed by atoms with E-state index in [2.05, 4.69) is 10.0 Å². The number of carboxylic acid groups (broad SMARTS) is 1. The molecule has 0 saturated carbocycles. The third-order valence-electron chi connectivity index (χ3n) is 3.37. The Morgan fingerprint density at radius 2 is 1.28 bits per heavy atom. The second-order valence-electron chi connectivity index (χ2n) is 5.65. The van der Waals surface area contributed by atoms with Gasteiger partial charge in [0.2, 0.25) is 10.0 Å². The SMILES string of the molecule is Nc1ccc(S(=O)(=O)NCCOCCOCCOCCOCCNC(=O)O)cc1. The normalized spacial score (nSPS) is 11.4. The van der Waals surface area contributed by atoms with Crippen molar-refractivity contribution in [1.82, 2.24) is 10.0 Å². The Hall–Kier alpha value is -1.96. The van der Waals surface area contributed by atoms with Crippen LogP contribution in [0.5, 0.6) is 0 Å². The molecule has 166 valence electrons. The molecular weight excluding hydrogens is 406 g/mol. The topological polar surface area (TPSA) is 158 Å². The van der Waals surface area contributed by atoms with Crippen molar-refractivity contribution in [2.75, 3.05) is 71.7 Å². The summed E-state index contributed by atoms with van der Waals surface area (Å²) in [6.45, 7) is 3.17. The van der Waals surface area contributed by atoms with E-state index >= 15 is 0 Å². The van der Waals surface area contributed by atoms with E-state index in [9.17, 15) is 13.2 Å². The molecular formula is C17H29N3O8S. The van der Waals surface area contributed by atoms with E-state index in [4.69, 9.17) is 29.8 Å². The van der Waals surface area contributed by atoms with E-state index in [0.717, 1.165) is 0 Å². The number of carbonyl (C=O) groups is 1. The molecule has 1 rings (SSSR count). The van der Waals surface area contributed by atoms with Gasteiger partial charge in [-0.25, -0.2) is 17.9 Å². The number of nitrogen functional groups attached to an aromatic ring is 1. The van der Waals surface area contributed by atoms with Crippen LogP contribution in [0.3, 0.4) is 0 Å². The lowest BCUT2D eigenvalue weighted by Crippen LogP contribution is -2.27. The first-order valence-corrected chi connectivity index (χ1v) is 10.5. The molecule has 1 amide bonds. The fourth-order valence-electron chi connectivity index (χ4n) is 1.97. The van der Waals surface area contributed by atoms with Crippen molar-refractivity contribution in [3.05, 3.63) is 24.3 Å². The lowest BCUT2D eigenvalue weighted by Gasteiger charge is -2.09. The Labute approximate surface area is 170 Å². The highest BCUT2D eigenvalue weighted by atomic mass is 32.2. The minimum Gasteiger partial charge on any atom is -0.465 e. The number of benzene rings is 1. The Morgan fingerprint density at radius 1 is 0.828 bits per heavy atom. The number of anilines is 1. The van der Waals surface area contributed by atoms with Gasteiger partial charge in [0.15, 0.2) is 0 Å². The van der Waals surface area contributed by atoms with E-state index in [1.165, 1.54) is 24.3 Å². The van der Waals surface area contributed by atoms with Gasteiger partial charge in [0.05, 0.1) is 57.8 Å². The van der Waals surface area contributed by atoms with Crippen LogP contribution in [0.4, 0.5) is 10.5 Å². The van der Waals surface area contributed by atoms with Crippen LogP contribution in [0, 0.1) is 0 Å². The molecule has 1 aromatic carbocycles. The van der Waals surface area contributed by atoms with Crippen LogP contribution in [0.15, 0.2) is 29.2 Å². The quantitative estimate of drug-likeness (QED) is 0.193. The summed E-state index contributed by atoms with van der Waals surface area (Å²) >= 11 is 0. The van der Waals surface area contributed by atoms with Crippen molar-refractivity contribution in [1.29, 1.82) is 0 Å². The van der Waals surface area contributed by atoms with Gasteiger partial charge in [0.25, 0.3) is 0 Å². The van der Waals surface area contributed by atoms with Crippen LogP contribution in [0.1, 0.15) is 0 Å². The molecule has 0 aromatic heterocycles. The van der Waals surface area contributed by atoms with E-state index in [-0.39, 0.29) is 24.6 Å². The minimum atomic E-state index is -3.57. The summed E-state index contributed by atoms with van der Waals surface area (Å²) in [5, 5.41) is 10.5. The standard InChI is InChI=1S/C17H29N3O8S/c18-15-1-3-16(4-2-15)29(23,24)20-6-8-26-10-12-28-14-13-27-11-9-25-7-5-19-17(21)22/h1-4,19-20H,5-14,18H2,(H,21,22). The number of sulfonamides is 1. The van der Waals surface area contributed by atoms with E-state index in [1.54, 1.807) is 0 Å². The van der Waals surface area contributed by atoms with Crippen molar-refractivity contribution < 1.29 is 37.3 Å². The molecule has 0 radical (unpaired) electrons. The van der Waals surface area contributed by atoms with Crippen LogP contribution >= 0.6 is 0 Å². The monoisotopic (exact) mass is 435 g/mol. The summed E-state index contributed by atoms with van der Waals surface area (Å²) in [5.41, 5.74) is 6.03. The molecule has 0 fully saturated rings. The smallest absolute Gasteiger partial charge is 0.404 e. The van der Waals surface area contributed by atoms with E-state index in [1.807, 2.05) is 0 Å². The molecule has 5 N–H and O–H groups in total. The molecule has 1 aromatic rings. The van der Waals surface area contributed by atoms with Crippen molar-refractivity contribution in [3.63, 3.8) is 0 Å². The zero-order valence-electron chi connectivity index (χ0n) is 16.2. The summed E-state index contributed by atoms with van der Waals surface area (Å²) in [4.78, 5) is 10.3. The van der Waals surface area contributed by atoms with Crippen molar-refractivity contribution in [2.45, 2.75) is 4.90 Å². The number of nitrogens with two attached hydrogens (primary N) is 1. The summed E-state index contributed by atoms with van der Waals surface area (Å²) in [5.74, 6) is 0. The van der Waals surface area contributed by atoms with Gasteiger partial charge in [-0.15, -0.1) is 0 Å². The molecule has 0 aliphatic heterocycles. The van der Waals surface area contributed by atoms with Gasteiger partial charge >= 0.3 is 6.09 Å². The van der Waals surface area contributed by atoms with Crippen LogP contribution < -0.4 is 15.8 Å². The van der Waals surface area contributed by atoms with Gasteiger partial charge in [-0.3, -0.25) is 0 Å². The average Bonchev–Trinajstić information content (AvgIpc) is 2.67. The van der Waals surface area contributed by atoms with Gasteiger partial charge < -0.3 is 35.1 Å². The van der Waals surface area contributed by atoms with Crippen molar-refractivity contribution in [2.24, 2.45) is 0 Å². The molecule has 0 spiro atoms. The van der Waals surface area contributed by atoms with E-state index < -0.39 is 16.1 Å². The van der Waals surface area contributed by atoms with Gasteiger partial charge in [-0.1, -0.05) is 0 Å². The zero-order chi connectivity index (χ0) is 21.4. The molecule has 12 heteroatoms. The number of amides is 1. The molecule has 0 saturated heterocycles. The third-order valence-corrected chi connectivity index (χ3v) is 4.84. The third kappa shape index (κ3) is 13.0. The molecule has 0 aliphatic rings. The molecule has 11 nitrogen and oxygen atoms in total. The van der Waals surface area contributed by atoms with Crippen LogP contribution in [0.25, 0.3) is 0 Å². The highest BCUT2D eigenvalue weighted by Crippen LogP contribution is 2.10. The first kappa shape index (κ1) is 25.1. The Kier molecular flexibility index (Phi) is 12.9. The van der Waals surface area contributed by atoms with E-state index in [0.29, 0.717) is 51.9 Å². The highest BCUT2D eigenvalue weighted by molar-refractivity contribution is 7.89. The first-order chi connectivity index (χ1) is 13.9. The minimum absolute atomic E-state index is 0.150. The van der Waals surface area contributed by atoms with Crippen LogP contribution in [0.2, 0.25) is 0 Å². The largest absolute Gasteiger partial charge is 0.465 e. The summed E-state index contributed by atoms with van der Waals surface area (Å²) < 4.78 is 47.5. The maximum Gasteiger partial charge on any atom is 0.404 e. The maximum absolute atomic E-state index is 12.0. The second kappa shape index (κ2) is 15.0. The molecule has 0 bridgehead atoms. The Balaban J connectivity index is 1.88. The van der Waals surface area contributed by atoms with Crippen LogP contribution in [-0.4, -0.2) is 85.6 Å². The second-order valence-corrected chi connectivity index (χ2v) is 7.42. The number of nitrogens with one attached hydrogen (secondary N) is 2. The predicted octanol–water partition coefficient (Wildman–Crippen LogP) is -0.119. The molecule has 0 aliphatic carbocycles. The van der Waals surface area contributed by atoms with Gasteiger partial charge in [-0.2, -0.15) is 0 Å². The lowest BCUT2D eigenvalue weighted by atomic mass is 10.3. The van der Waals surface area contributed by atoms with Gasteiger partial charge in [-0.05, 0) is 24.3 Å². The van der Waals surface area contributed by atoms with Gasteiger partial charge in [0, 0.05) is 18.8 Å². The number of hydrogen-bond acceptors (Lipinski definition) is 8. The number of ether oxygens (including phenoxy) is 4. The summed E-state index contributed by atoms with van der Waals surface area (Å²) in [6, 6.07) is 5.94. The van der Waals surface area contributed by atoms with Crippen molar-refractivity contribution in [3.8, 4) is 0 Å². The molecule has 0 atom stereocenters. The highest BCUT2D eigenvalue weighted by Gasteiger charge is 2.12. The summed E-state index contributed by atoms with van der Waals surface area (Å²) in [7, 11) is -3.57. The number of rotatable bonds is 17. The average molecular weight is 435 g/mol. The van der Waals surface area contributed by atoms with Crippen molar-refractivity contribution >= 4 is 21.8 Å². The Bertz CT molecular complexity index is 670. The Morgan fingerprint density at radius 3 is 1.76 bits per heavy atom. The first-order valence-electron chi connectivity index (χ1n) is 9.05. The molecule has 29 heavy (non-hydrogen) atoms. The zero-order valence-corrected chi connectivity index (χ0v) is 17.0. The fraction of sp³-hybridized carbons (Fsp3) is 0.588.